The predicted octanol–water partition coefficient (Wildman–Crippen LogP) is 2.51. The van der Waals surface area contributed by atoms with E-state index in [9.17, 15) is 5.26 Å². The summed E-state index contributed by atoms with van der Waals surface area (Å²) in [5, 5.41) is 10.8. The third kappa shape index (κ3) is 2.08. The van der Waals surface area contributed by atoms with Gasteiger partial charge in [-0.05, 0) is 37.0 Å². The van der Waals surface area contributed by atoms with Crippen molar-refractivity contribution in [1.82, 2.24) is 9.55 Å². The highest BCUT2D eigenvalue weighted by atomic mass is 15.0. The lowest BCUT2D eigenvalue weighted by atomic mass is 9.86. The van der Waals surface area contributed by atoms with E-state index >= 15 is 0 Å². The predicted molar refractivity (Wildman–Crippen MR) is 95.3 cm³/mol. The van der Waals surface area contributed by atoms with Gasteiger partial charge in [-0.25, -0.2) is 4.98 Å². The minimum atomic E-state index is 0.0999. The number of nitrogen functional groups attached to an aromatic ring is 1. The zero-order chi connectivity index (χ0) is 16.8. The molecule has 5 heteroatoms. The minimum absolute atomic E-state index is 0.0999. The Labute approximate surface area is 140 Å². The van der Waals surface area contributed by atoms with Crippen LogP contribution in [0.2, 0.25) is 0 Å². The zero-order valence-electron chi connectivity index (χ0n) is 13.6. The number of hydrogen-bond donors (Lipinski definition) is 2. The maximum absolute atomic E-state index is 9.68. The fraction of sp³-hybridized carbons (Fsp3) is 0.263. The molecule has 1 aliphatic rings. The van der Waals surface area contributed by atoms with Crippen LogP contribution >= 0.6 is 0 Å². The molecule has 2 heterocycles. The van der Waals surface area contributed by atoms with Crippen molar-refractivity contribution in [2.45, 2.75) is 25.3 Å². The van der Waals surface area contributed by atoms with Crippen molar-refractivity contribution in [3.63, 3.8) is 0 Å². The molecule has 0 saturated carbocycles. The minimum Gasteiger partial charge on any atom is -0.383 e. The summed E-state index contributed by atoms with van der Waals surface area (Å²) in [6.07, 6.45) is 2.44. The summed E-state index contributed by atoms with van der Waals surface area (Å²) in [4.78, 5) is 4.48. The fourth-order valence-electron chi connectivity index (χ4n) is 3.73. The first-order chi connectivity index (χ1) is 11.6. The summed E-state index contributed by atoms with van der Waals surface area (Å²) in [5.74, 6) is 0.312. The highest BCUT2D eigenvalue weighted by Gasteiger charge is 2.26. The van der Waals surface area contributed by atoms with Gasteiger partial charge < -0.3 is 16.0 Å². The number of benzene rings is 1. The molecule has 2 aromatic heterocycles. The van der Waals surface area contributed by atoms with Crippen LogP contribution in [0.5, 0.6) is 0 Å². The normalized spacial score (nSPS) is 16.8. The molecule has 0 unspecified atom stereocenters. The molecule has 0 spiro atoms. The third-order valence-corrected chi connectivity index (χ3v) is 4.95. The highest BCUT2D eigenvalue weighted by molar-refractivity contribution is 5.90. The Morgan fingerprint density at radius 3 is 2.88 bits per heavy atom. The molecule has 0 bridgehead atoms. The molecule has 1 aliphatic carbocycles. The van der Waals surface area contributed by atoms with Crippen LogP contribution in [-0.2, 0) is 19.9 Å². The average Bonchev–Trinajstić information content (AvgIpc) is 2.91. The summed E-state index contributed by atoms with van der Waals surface area (Å²) < 4.78 is 2.12. The van der Waals surface area contributed by atoms with Crippen molar-refractivity contribution in [3.05, 3.63) is 47.2 Å². The molecule has 4 N–H and O–H groups in total. The number of fused-ring (bicyclic) bond motifs is 2. The second-order valence-electron chi connectivity index (χ2n) is 6.43. The van der Waals surface area contributed by atoms with Crippen LogP contribution in [0.1, 0.15) is 23.2 Å². The van der Waals surface area contributed by atoms with Gasteiger partial charge in [-0.15, -0.1) is 0 Å². The Kier molecular flexibility index (Phi) is 3.29. The van der Waals surface area contributed by atoms with E-state index < -0.39 is 0 Å². The van der Waals surface area contributed by atoms with Gasteiger partial charge in [-0.2, -0.15) is 5.26 Å². The number of para-hydroxylation sites is 1. The molecule has 1 atom stereocenters. The van der Waals surface area contributed by atoms with Crippen molar-refractivity contribution in [2.24, 2.45) is 12.8 Å². The van der Waals surface area contributed by atoms with Gasteiger partial charge in [0.2, 0.25) is 0 Å². The van der Waals surface area contributed by atoms with Crippen molar-refractivity contribution < 1.29 is 0 Å². The standard InChI is InChI=1S/C19H19N5/c1-24-16-5-3-2-4-11(16)8-17(24)18-13-9-12(21)6-7-15(13)23-19(22)14(18)10-20/h2-5,8,12H,6-7,9,21H2,1H3,(H2,22,23)/t12-/m0/s1. The Bertz CT molecular complexity index is 993. The number of hydrogen-bond acceptors (Lipinski definition) is 4. The van der Waals surface area contributed by atoms with E-state index in [0.717, 1.165) is 52.7 Å². The van der Waals surface area contributed by atoms with Gasteiger partial charge >= 0.3 is 0 Å². The number of aryl methyl sites for hydroxylation is 2. The largest absolute Gasteiger partial charge is 0.383 e. The fourth-order valence-corrected chi connectivity index (χ4v) is 3.73. The van der Waals surface area contributed by atoms with Gasteiger partial charge in [0.1, 0.15) is 17.5 Å². The van der Waals surface area contributed by atoms with E-state index in [2.05, 4.69) is 33.8 Å². The number of nitrogens with two attached hydrogens (primary N) is 2. The number of nitrogens with zero attached hydrogens (tertiary/aromatic N) is 3. The summed E-state index contributed by atoms with van der Waals surface area (Å²) in [6, 6.07) is 12.7. The molecule has 0 amide bonds. The molecule has 1 aromatic carbocycles. The van der Waals surface area contributed by atoms with Crippen LogP contribution in [0.25, 0.3) is 22.2 Å². The number of pyridine rings is 1. The molecule has 24 heavy (non-hydrogen) atoms. The van der Waals surface area contributed by atoms with Gasteiger partial charge in [0.25, 0.3) is 0 Å². The number of aromatic nitrogens is 2. The smallest absolute Gasteiger partial charge is 0.142 e. The van der Waals surface area contributed by atoms with Crippen molar-refractivity contribution in [2.75, 3.05) is 5.73 Å². The lowest BCUT2D eigenvalue weighted by Crippen LogP contribution is -2.29. The van der Waals surface area contributed by atoms with Crippen LogP contribution in [0.15, 0.2) is 30.3 Å². The van der Waals surface area contributed by atoms with Crippen LogP contribution in [0.3, 0.4) is 0 Å². The Hall–Kier alpha value is -2.84. The average molecular weight is 317 g/mol. The van der Waals surface area contributed by atoms with E-state index in [1.165, 1.54) is 0 Å². The molecule has 0 saturated heterocycles. The number of nitriles is 1. The third-order valence-electron chi connectivity index (χ3n) is 4.95. The number of anilines is 1. The quantitative estimate of drug-likeness (QED) is 0.721. The van der Waals surface area contributed by atoms with Gasteiger partial charge in [-0.1, -0.05) is 18.2 Å². The van der Waals surface area contributed by atoms with Crippen LogP contribution in [0, 0.1) is 11.3 Å². The van der Waals surface area contributed by atoms with Crippen LogP contribution < -0.4 is 11.5 Å². The van der Waals surface area contributed by atoms with Crippen LogP contribution in [-0.4, -0.2) is 15.6 Å². The first kappa shape index (κ1) is 14.7. The van der Waals surface area contributed by atoms with Crippen molar-refractivity contribution in [3.8, 4) is 17.3 Å². The van der Waals surface area contributed by atoms with Crippen molar-refractivity contribution in [1.29, 1.82) is 5.26 Å². The SMILES string of the molecule is Cn1c(-c2c(C#N)c(N)nc3c2C[C@@H](N)CC3)cc2ccccc21. The first-order valence-corrected chi connectivity index (χ1v) is 8.12. The second kappa shape index (κ2) is 5.36. The van der Waals surface area contributed by atoms with E-state index in [-0.39, 0.29) is 6.04 Å². The van der Waals surface area contributed by atoms with E-state index in [4.69, 9.17) is 11.5 Å². The molecule has 0 fully saturated rings. The molecule has 5 nitrogen and oxygen atoms in total. The van der Waals surface area contributed by atoms with E-state index in [0.29, 0.717) is 11.4 Å². The van der Waals surface area contributed by atoms with Gasteiger partial charge in [0.05, 0.1) is 5.69 Å². The maximum Gasteiger partial charge on any atom is 0.142 e. The van der Waals surface area contributed by atoms with Crippen LogP contribution in [0.4, 0.5) is 5.82 Å². The summed E-state index contributed by atoms with van der Waals surface area (Å²) in [5.41, 5.74) is 17.8. The lowest BCUT2D eigenvalue weighted by Gasteiger charge is -2.25. The van der Waals surface area contributed by atoms with Crippen molar-refractivity contribution >= 4 is 16.7 Å². The Balaban J connectivity index is 2.08. The number of rotatable bonds is 1. The summed E-state index contributed by atoms with van der Waals surface area (Å²) >= 11 is 0. The van der Waals surface area contributed by atoms with Gasteiger partial charge in [0.15, 0.2) is 0 Å². The monoisotopic (exact) mass is 317 g/mol. The molecular formula is C19H19N5. The summed E-state index contributed by atoms with van der Waals surface area (Å²) in [7, 11) is 2.02. The molecular weight excluding hydrogens is 298 g/mol. The zero-order valence-corrected chi connectivity index (χ0v) is 13.6. The Morgan fingerprint density at radius 2 is 2.12 bits per heavy atom. The Morgan fingerprint density at radius 1 is 1.33 bits per heavy atom. The molecule has 0 radical (unpaired) electrons. The summed E-state index contributed by atoms with van der Waals surface area (Å²) in [6.45, 7) is 0. The lowest BCUT2D eigenvalue weighted by molar-refractivity contribution is 0.568. The van der Waals surface area contributed by atoms with E-state index in [1.807, 2.05) is 19.2 Å². The van der Waals surface area contributed by atoms with Gasteiger partial charge in [-0.3, -0.25) is 0 Å². The topological polar surface area (TPSA) is 93.6 Å². The molecule has 3 aromatic rings. The highest BCUT2D eigenvalue weighted by Crippen LogP contribution is 2.37. The van der Waals surface area contributed by atoms with Gasteiger partial charge in [0, 0.05) is 35.2 Å². The molecule has 120 valence electrons. The first-order valence-electron chi connectivity index (χ1n) is 8.12. The second-order valence-corrected chi connectivity index (χ2v) is 6.43. The maximum atomic E-state index is 9.68. The molecule has 4 rings (SSSR count). The van der Waals surface area contributed by atoms with E-state index in [1.54, 1.807) is 0 Å². The molecule has 0 aliphatic heterocycles.